The van der Waals surface area contributed by atoms with Gasteiger partial charge in [0.2, 0.25) is 0 Å². The van der Waals surface area contributed by atoms with E-state index in [-0.39, 0.29) is 13.2 Å². The molecule has 0 saturated heterocycles. The van der Waals surface area contributed by atoms with E-state index in [0.717, 1.165) is 43.4 Å². The predicted molar refractivity (Wildman–Crippen MR) is 160 cm³/mol. The van der Waals surface area contributed by atoms with Crippen molar-refractivity contribution in [1.82, 2.24) is 0 Å². The first-order valence-electron chi connectivity index (χ1n) is 12.7. The molecule has 0 aliphatic rings. The Morgan fingerprint density at radius 3 is 2.02 bits per heavy atom. The smallest absolute Gasteiger partial charge is 0.343 e. The highest BCUT2D eigenvalue weighted by Gasteiger charge is 2.08. The van der Waals surface area contributed by atoms with Gasteiger partial charge in [0.1, 0.15) is 18.1 Å². The van der Waals surface area contributed by atoms with Crippen LogP contribution in [0.4, 0.5) is 0 Å². The van der Waals surface area contributed by atoms with Crippen LogP contribution in [0.1, 0.15) is 33.4 Å². The number of carbonyl (C=O) groups is 1. The van der Waals surface area contributed by atoms with Crippen LogP contribution < -0.4 is 9.47 Å². The largest absolute Gasteiger partial charge is 0.489 e. The molecule has 0 spiro atoms. The van der Waals surface area contributed by atoms with Crippen LogP contribution in [0.5, 0.6) is 11.5 Å². The summed E-state index contributed by atoms with van der Waals surface area (Å²) in [5.74, 6) is 7.25. The molecule has 0 bridgehead atoms. The van der Waals surface area contributed by atoms with Crippen molar-refractivity contribution in [2.45, 2.75) is 13.5 Å². The molecular formula is C34H29BrO5. The maximum Gasteiger partial charge on any atom is 0.343 e. The van der Waals surface area contributed by atoms with E-state index in [1.54, 1.807) is 6.07 Å². The summed E-state index contributed by atoms with van der Waals surface area (Å²) in [4.78, 5) is 11.4. The fourth-order valence-electron chi connectivity index (χ4n) is 3.89. The standard InChI is InChI=1S/C34H29BrO5/c1-24-21-31(17-18-33(24)40-23-34(37)38-2)39-20-19-32(29-13-15-30(35)16-14-29)28-11-9-26(10-12-28)4-3-25-5-7-27(22-36)8-6-25/h5-19,21,36H,20,22-23H2,1-2H3. The number of halogens is 1. The molecule has 0 unspecified atom stereocenters. The van der Waals surface area contributed by atoms with E-state index in [1.165, 1.54) is 7.11 Å². The molecule has 6 heteroatoms. The first kappa shape index (κ1) is 28.7. The Labute approximate surface area is 243 Å². The topological polar surface area (TPSA) is 65.0 Å². The summed E-state index contributed by atoms with van der Waals surface area (Å²) in [6.45, 7) is 2.14. The third-order valence-corrected chi connectivity index (χ3v) is 6.62. The Balaban J connectivity index is 1.50. The molecule has 0 amide bonds. The number of carbonyl (C=O) groups excluding carboxylic acids is 1. The van der Waals surface area contributed by atoms with Gasteiger partial charge in [0.05, 0.1) is 13.7 Å². The SMILES string of the molecule is COC(=O)COc1ccc(OCC=C(c2ccc(Br)cc2)c2ccc(C#Cc3ccc(CO)cc3)cc2)cc1C. The molecule has 0 atom stereocenters. The summed E-state index contributed by atoms with van der Waals surface area (Å²) < 4.78 is 17.2. The van der Waals surface area contributed by atoms with Crippen molar-refractivity contribution in [3.05, 3.63) is 135 Å². The number of aliphatic hydroxyl groups excluding tert-OH is 1. The van der Waals surface area contributed by atoms with Gasteiger partial charge in [0.15, 0.2) is 6.61 Å². The Hall–Kier alpha value is -4.31. The van der Waals surface area contributed by atoms with Crippen LogP contribution in [0.2, 0.25) is 0 Å². The minimum atomic E-state index is -0.432. The fraction of sp³-hybridized carbons (Fsp3) is 0.147. The van der Waals surface area contributed by atoms with E-state index >= 15 is 0 Å². The Bertz CT molecular complexity index is 1530. The molecule has 4 rings (SSSR count). The van der Waals surface area contributed by atoms with E-state index in [4.69, 9.17) is 9.47 Å². The number of esters is 1. The van der Waals surface area contributed by atoms with Crippen molar-refractivity contribution < 1.29 is 24.1 Å². The monoisotopic (exact) mass is 596 g/mol. The molecular weight excluding hydrogens is 568 g/mol. The van der Waals surface area contributed by atoms with E-state index in [0.29, 0.717) is 18.1 Å². The highest BCUT2D eigenvalue weighted by atomic mass is 79.9. The Morgan fingerprint density at radius 2 is 1.45 bits per heavy atom. The lowest BCUT2D eigenvalue weighted by Crippen LogP contribution is -2.13. The minimum Gasteiger partial charge on any atom is -0.489 e. The zero-order chi connectivity index (χ0) is 28.3. The summed E-state index contributed by atoms with van der Waals surface area (Å²) >= 11 is 3.52. The Morgan fingerprint density at radius 1 is 0.850 bits per heavy atom. The molecule has 4 aromatic rings. The normalized spacial score (nSPS) is 10.8. The number of hydrogen-bond acceptors (Lipinski definition) is 5. The van der Waals surface area contributed by atoms with Crippen LogP contribution in [-0.2, 0) is 16.1 Å². The number of methoxy groups -OCH3 is 1. The van der Waals surface area contributed by atoms with Gasteiger partial charge in [0, 0.05) is 15.6 Å². The predicted octanol–water partition coefficient (Wildman–Crippen LogP) is 6.71. The maximum atomic E-state index is 11.4. The number of aryl methyl sites for hydroxylation is 1. The lowest BCUT2D eigenvalue weighted by atomic mass is 9.97. The van der Waals surface area contributed by atoms with Gasteiger partial charge in [-0.3, -0.25) is 0 Å². The zero-order valence-electron chi connectivity index (χ0n) is 22.3. The van der Waals surface area contributed by atoms with Gasteiger partial charge in [-0.15, -0.1) is 0 Å². The molecule has 5 nitrogen and oxygen atoms in total. The van der Waals surface area contributed by atoms with Crippen LogP contribution in [0.15, 0.2) is 102 Å². The molecule has 0 aliphatic carbocycles. The molecule has 0 aliphatic heterocycles. The van der Waals surface area contributed by atoms with Gasteiger partial charge < -0.3 is 19.3 Å². The van der Waals surface area contributed by atoms with Crippen LogP contribution >= 0.6 is 15.9 Å². The average Bonchev–Trinajstić information content (AvgIpc) is 2.99. The van der Waals surface area contributed by atoms with Gasteiger partial charge in [0.25, 0.3) is 0 Å². The highest BCUT2D eigenvalue weighted by molar-refractivity contribution is 9.10. The van der Waals surface area contributed by atoms with Crippen molar-refractivity contribution in [3.63, 3.8) is 0 Å². The molecule has 0 saturated carbocycles. The summed E-state index contributed by atoms with van der Waals surface area (Å²) in [6.07, 6.45) is 2.06. The second kappa shape index (κ2) is 14.2. The summed E-state index contributed by atoms with van der Waals surface area (Å²) in [5.41, 5.74) is 6.69. The van der Waals surface area contributed by atoms with Crippen LogP contribution in [0, 0.1) is 18.8 Å². The van der Waals surface area contributed by atoms with Gasteiger partial charge in [-0.05, 0) is 95.4 Å². The second-order valence-electron chi connectivity index (χ2n) is 8.91. The zero-order valence-corrected chi connectivity index (χ0v) is 23.9. The molecule has 0 heterocycles. The van der Waals surface area contributed by atoms with Crippen LogP contribution in [-0.4, -0.2) is 31.4 Å². The van der Waals surface area contributed by atoms with E-state index in [1.807, 2.05) is 67.6 Å². The average molecular weight is 598 g/mol. The first-order valence-corrected chi connectivity index (χ1v) is 13.5. The maximum absolute atomic E-state index is 11.4. The van der Waals surface area contributed by atoms with Gasteiger partial charge >= 0.3 is 5.97 Å². The fourth-order valence-corrected chi connectivity index (χ4v) is 4.16. The Kier molecular flexibility index (Phi) is 10.2. The van der Waals surface area contributed by atoms with Gasteiger partial charge in [-0.2, -0.15) is 0 Å². The summed E-state index contributed by atoms with van der Waals surface area (Å²) in [6, 6.07) is 29.3. The molecule has 0 aromatic heterocycles. The highest BCUT2D eigenvalue weighted by Crippen LogP contribution is 2.27. The van der Waals surface area contributed by atoms with Gasteiger partial charge in [-0.25, -0.2) is 4.79 Å². The lowest BCUT2D eigenvalue weighted by Gasteiger charge is -2.12. The summed E-state index contributed by atoms with van der Waals surface area (Å²) in [7, 11) is 1.33. The molecule has 0 radical (unpaired) electrons. The van der Waals surface area contributed by atoms with Crippen molar-refractivity contribution in [3.8, 4) is 23.3 Å². The molecule has 0 fully saturated rings. The number of aliphatic hydroxyl groups is 1. The van der Waals surface area contributed by atoms with Crippen molar-refractivity contribution in [1.29, 1.82) is 0 Å². The van der Waals surface area contributed by atoms with Crippen LogP contribution in [0.25, 0.3) is 5.57 Å². The van der Waals surface area contributed by atoms with E-state index < -0.39 is 5.97 Å². The third kappa shape index (κ3) is 8.09. The van der Waals surface area contributed by atoms with Crippen molar-refractivity contribution >= 4 is 27.5 Å². The molecule has 40 heavy (non-hydrogen) atoms. The minimum absolute atomic E-state index is 0.0216. The van der Waals surface area contributed by atoms with Gasteiger partial charge in [-0.1, -0.05) is 64.2 Å². The molecule has 4 aromatic carbocycles. The lowest BCUT2D eigenvalue weighted by molar-refractivity contribution is -0.142. The second-order valence-corrected chi connectivity index (χ2v) is 9.83. The summed E-state index contributed by atoms with van der Waals surface area (Å²) in [5, 5.41) is 9.21. The number of rotatable bonds is 9. The van der Waals surface area contributed by atoms with Crippen molar-refractivity contribution in [2.75, 3.05) is 20.3 Å². The molecule has 202 valence electrons. The molecule has 1 N–H and O–H groups in total. The van der Waals surface area contributed by atoms with Crippen molar-refractivity contribution in [2.24, 2.45) is 0 Å². The number of benzene rings is 4. The van der Waals surface area contributed by atoms with E-state index in [9.17, 15) is 9.90 Å². The number of hydrogen-bond donors (Lipinski definition) is 1. The first-order chi connectivity index (χ1) is 19.4. The van der Waals surface area contributed by atoms with Crippen LogP contribution in [0.3, 0.4) is 0 Å². The number of ether oxygens (including phenoxy) is 3. The van der Waals surface area contributed by atoms with E-state index in [2.05, 4.69) is 62.8 Å². The third-order valence-electron chi connectivity index (χ3n) is 6.10. The quantitative estimate of drug-likeness (QED) is 0.172.